The molecule has 1 fully saturated rings. The standard InChI is InChI=1S/C19H28N2O7.ClH/c1-2-6-14(22)21-15-17(24)16(23)13(28-19(15)26)10-27-18(25)12(20)9-11-7-4-3-5-8-11;/h3-5,7-8,12-13,15-17,19,23-24,26H,2,6,9-10,20H2,1H3,(H,21,22);1H/t12?,13-,15-,16-,17-,19?;/m1./s1. The maximum Gasteiger partial charge on any atom is 0.323 e. The number of carbonyl (C=O) groups excluding carboxylic acids is 2. The molecule has 10 heteroatoms. The number of nitrogens with two attached hydrogens (primary N) is 1. The van der Waals surface area contributed by atoms with Gasteiger partial charge in [0.1, 0.15) is 37.0 Å². The van der Waals surface area contributed by atoms with Gasteiger partial charge in [-0.25, -0.2) is 0 Å². The second-order valence-corrected chi connectivity index (χ2v) is 6.82. The number of hydrogen-bond acceptors (Lipinski definition) is 8. The molecule has 1 aromatic rings. The van der Waals surface area contributed by atoms with Gasteiger partial charge in [0.2, 0.25) is 5.91 Å². The first kappa shape index (κ1) is 25.3. The van der Waals surface area contributed by atoms with Crippen molar-refractivity contribution in [3.05, 3.63) is 35.9 Å². The van der Waals surface area contributed by atoms with Gasteiger partial charge in [-0.1, -0.05) is 37.3 Å². The second kappa shape index (κ2) is 12.1. The fraction of sp³-hybridized carbons (Fsp3) is 0.579. The smallest absolute Gasteiger partial charge is 0.323 e. The minimum Gasteiger partial charge on any atom is -0.462 e. The first-order valence-corrected chi connectivity index (χ1v) is 9.28. The molecule has 1 saturated heterocycles. The number of carbonyl (C=O) groups is 2. The van der Waals surface area contributed by atoms with Gasteiger partial charge in [0.15, 0.2) is 6.29 Å². The number of aliphatic hydroxyl groups excluding tert-OH is 3. The van der Waals surface area contributed by atoms with Crippen LogP contribution in [0.5, 0.6) is 0 Å². The largest absolute Gasteiger partial charge is 0.462 e. The molecule has 1 aliphatic heterocycles. The molecule has 6 atom stereocenters. The number of aliphatic hydroxyl groups is 3. The molecule has 6 N–H and O–H groups in total. The zero-order chi connectivity index (χ0) is 20.7. The summed E-state index contributed by atoms with van der Waals surface area (Å²) < 4.78 is 10.3. The highest BCUT2D eigenvalue weighted by Crippen LogP contribution is 2.20. The number of nitrogens with one attached hydrogen (secondary N) is 1. The van der Waals surface area contributed by atoms with Crippen LogP contribution in [0, 0.1) is 0 Å². The van der Waals surface area contributed by atoms with E-state index in [1.54, 1.807) is 0 Å². The van der Waals surface area contributed by atoms with Gasteiger partial charge in [0, 0.05) is 6.42 Å². The van der Waals surface area contributed by atoms with Crippen molar-refractivity contribution in [2.45, 2.75) is 62.9 Å². The number of ether oxygens (including phenoxy) is 2. The van der Waals surface area contributed by atoms with Crippen LogP contribution >= 0.6 is 12.4 Å². The van der Waals surface area contributed by atoms with Crippen molar-refractivity contribution in [2.75, 3.05) is 6.61 Å². The van der Waals surface area contributed by atoms with Gasteiger partial charge in [-0.15, -0.1) is 12.4 Å². The van der Waals surface area contributed by atoms with Crippen molar-refractivity contribution in [3.8, 4) is 0 Å². The Kier molecular flexibility index (Phi) is 10.5. The van der Waals surface area contributed by atoms with E-state index in [1.165, 1.54) is 0 Å². The van der Waals surface area contributed by atoms with Gasteiger partial charge in [-0.05, 0) is 18.4 Å². The first-order valence-electron chi connectivity index (χ1n) is 9.28. The first-order chi connectivity index (χ1) is 13.3. The summed E-state index contributed by atoms with van der Waals surface area (Å²) in [7, 11) is 0. The Morgan fingerprint density at radius 2 is 1.86 bits per heavy atom. The summed E-state index contributed by atoms with van der Waals surface area (Å²) >= 11 is 0. The molecule has 164 valence electrons. The van der Waals surface area contributed by atoms with Crippen LogP contribution in [0.1, 0.15) is 25.3 Å². The van der Waals surface area contributed by atoms with E-state index in [-0.39, 0.29) is 31.2 Å². The fourth-order valence-electron chi connectivity index (χ4n) is 2.95. The lowest BCUT2D eigenvalue weighted by Crippen LogP contribution is -2.64. The van der Waals surface area contributed by atoms with Gasteiger partial charge < -0.3 is 35.8 Å². The summed E-state index contributed by atoms with van der Waals surface area (Å²) in [6, 6.07) is 7.10. The van der Waals surface area contributed by atoms with E-state index in [0.29, 0.717) is 6.42 Å². The molecule has 0 radical (unpaired) electrons. The zero-order valence-electron chi connectivity index (χ0n) is 16.1. The van der Waals surface area contributed by atoms with Gasteiger partial charge in [0.25, 0.3) is 0 Å². The quantitative estimate of drug-likeness (QED) is 0.336. The van der Waals surface area contributed by atoms with Crippen LogP contribution in [0.4, 0.5) is 0 Å². The number of hydrogen-bond donors (Lipinski definition) is 5. The monoisotopic (exact) mass is 432 g/mol. The maximum absolute atomic E-state index is 12.1. The van der Waals surface area contributed by atoms with E-state index in [0.717, 1.165) is 5.56 Å². The zero-order valence-corrected chi connectivity index (χ0v) is 17.0. The molecule has 29 heavy (non-hydrogen) atoms. The molecular weight excluding hydrogens is 404 g/mol. The second-order valence-electron chi connectivity index (χ2n) is 6.82. The highest BCUT2D eigenvalue weighted by atomic mass is 35.5. The van der Waals surface area contributed by atoms with E-state index in [1.807, 2.05) is 37.3 Å². The molecular formula is C19H29ClN2O7. The lowest BCUT2D eigenvalue weighted by Gasteiger charge is -2.40. The molecule has 9 nitrogen and oxygen atoms in total. The van der Waals surface area contributed by atoms with Crippen molar-refractivity contribution in [3.63, 3.8) is 0 Å². The predicted molar refractivity (Wildman–Crippen MR) is 106 cm³/mol. The van der Waals surface area contributed by atoms with Crippen molar-refractivity contribution < 1.29 is 34.4 Å². The van der Waals surface area contributed by atoms with E-state index in [4.69, 9.17) is 15.2 Å². The van der Waals surface area contributed by atoms with Gasteiger partial charge in [0.05, 0.1) is 0 Å². The summed E-state index contributed by atoms with van der Waals surface area (Å²) in [5, 5.41) is 32.9. The van der Waals surface area contributed by atoms with E-state index in [9.17, 15) is 24.9 Å². The molecule has 1 aromatic carbocycles. The number of rotatable bonds is 8. The maximum atomic E-state index is 12.1. The van der Waals surface area contributed by atoms with Crippen LogP contribution in [0.2, 0.25) is 0 Å². The summed E-state index contributed by atoms with van der Waals surface area (Å²) in [5.74, 6) is -1.07. The van der Waals surface area contributed by atoms with E-state index in [2.05, 4.69) is 5.32 Å². The van der Waals surface area contributed by atoms with Crippen molar-refractivity contribution in [2.24, 2.45) is 5.73 Å². The molecule has 1 amide bonds. The molecule has 1 heterocycles. The van der Waals surface area contributed by atoms with E-state index >= 15 is 0 Å². The number of amides is 1. The topological polar surface area (TPSA) is 151 Å². The highest BCUT2D eigenvalue weighted by Gasteiger charge is 2.45. The molecule has 0 bridgehead atoms. The number of halogens is 1. The predicted octanol–water partition coefficient (Wildman–Crippen LogP) is -0.755. The lowest BCUT2D eigenvalue weighted by molar-refractivity contribution is -0.255. The lowest BCUT2D eigenvalue weighted by atomic mass is 9.97. The summed E-state index contributed by atoms with van der Waals surface area (Å²) in [4.78, 5) is 23.8. The molecule has 0 aliphatic carbocycles. The SMILES string of the molecule is CCCC(=O)N[C@H]1C(O)O[C@H](COC(=O)C(N)Cc2ccccc2)[C@@H](O)[C@@H]1O.Cl. The highest BCUT2D eigenvalue weighted by molar-refractivity contribution is 5.85. The average molecular weight is 433 g/mol. The summed E-state index contributed by atoms with van der Waals surface area (Å²) in [6.45, 7) is 1.41. The molecule has 0 saturated carbocycles. The Balaban J connectivity index is 0.00000420. The van der Waals surface area contributed by atoms with Crippen LogP contribution in [-0.2, 0) is 25.5 Å². The summed E-state index contributed by atoms with van der Waals surface area (Å²) in [5.41, 5.74) is 6.71. The summed E-state index contributed by atoms with van der Waals surface area (Å²) in [6.07, 6.45) is -4.56. The van der Waals surface area contributed by atoms with Crippen LogP contribution in [0.15, 0.2) is 30.3 Å². The Bertz CT molecular complexity index is 649. The Morgan fingerprint density at radius 1 is 1.21 bits per heavy atom. The van der Waals surface area contributed by atoms with Crippen LogP contribution in [-0.4, -0.2) is 70.5 Å². The van der Waals surface area contributed by atoms with Gasteiger partial charge in [-0.3, -0.25) is 9.59 Å². The van der Waals surface area contributed by atoms with Gasteiger partial charge in [-0.2, -0.15) is 0 Å². The van der Waals surface area contributed by atoms with Crippen LogP contribution in [0.3, 0.4) is 0 Å². The Hall–Kier alpha value is -1.75. The van der Waals surface area contributed by atoms with Crippen LogP contribution < -0.4 is 11.1 Å². The third-order valence-corrected chi connectivity index (χ3v) is 4.52. The minimum absolute atomic E-state index is 0. The normalized spacial score (nSPS) is 27.4. The molecule has 2 unspecified atom stereocenters. The van der Waals surface area contributed by atoms with Crippen molar-refractivity contribution in [1.82, 2.24) is 5.32 Å². The minimum atomic E-state index is -1.55. The molecule has 0 spiro atoms. The third kappa shape index (κ3) is 7.22. The van der Waals surface area contributed by atoms with Crippen molar-refractivity contribution >= 4 is 24.3 Å². The third-order valence-electron chi connectivity index (χ3n) is 4.52. The van der Waals surface area contributed by atoms with Crippen LogP contribution in [0.25, 0.3) is 0 Å². The van der Waals surface area contributed by atoms with E-state index < -0.39 is 49.3 Å². The van der Waals surface area contributed by atoms with Crippen molar-refractivity contribution in [1.29, 1.82) is 0 Å². The number of esters is 1. The Labute approximate surface area is 175 Å². The average Bonchev–Trinajstić information content (AvgIpc) is 2.67. The molecule has 1 aliphatic rings. The Morgan fingerprint density at radius 3 is 2.48 bits per heavy atom. The molecule has 2 rings (SSSR count). The number of benzene rings is 1. The van der Waals surface area contributed by atoms with Gasteiger partial charge >= 0.3 is 5.97 Å². The molecule has 0 aromatic heterocycles. The fourth-order valence-corrected chi connectivity index (χ4v) is 2.95.